The maximum Gasteiger partial charge on any atom is 0.293 e. The zero-order chi connectivity index (χ0) is 19.5. The van der Waals surface area contributed by atoms with E-state index in [0.29, 0.717) is 24.4 Å². The summed E-state index contributed by atoms with van der Waals surface area (Å²) >= 11 is 0. The third kappa shape index (κ3) is 3.71. The zero-order valence-electron chi connectivity index (χ0n) is 15.5. The third-order valence-corrected chi connectivity index (χ3v) is 5.49. The Morgan fingerprint density at radius 3 is 2.71 bits per heavy atom. The topological polar surface area (TPSA) is 84.7 Å². The van der Waals surface area contributed by atoms with Crippen LogP contribution in [0.25, 0.3) is 0 Å². The number of hydrogen-bond donors (Lipinski definition) is 1. The maximum absolute atomic E-state index is 13.1. The number of anilines is 2. The van der Waals surface area contributed by atoms with E-state index in [1.54, 1.807) is 12.1 Å². The number of nitro benzene ring substituents is 1. The Kier molecular flexibility index (Phi) is 5.25. The van der Waals surface area contributed by atoms with Gasteiger partial charge in [0, 0.05) is 23.9 Å². The number of hydrogen-bond acceptors (Lipinski definition) is 5. The molecular weight excluding hydrogens is 358 g/mol. The normalized spacial score (nSPS) is 21.6. The monoisotopic (exact) mass is 381 g/mol. The van der Waals surface area contributed by atoms with E-state index in [2.05, 4.69) is 5.32 Å². The maximum atomic E-state index is 13.1. The van der Waals surface area contributed by atoms with Crippen molar-refractivity contribution in [3.63, 3.8) is 0 Å². The first kappa shape index (κ1) is 18.4. The molecule has 1 heterocycles. The molecule has 1 N–H and O–H groups in total. The van der Waals surface area contributed by atoms with Crippen LogP contribution in [0.5, 0.6) is 0 Å². The van der Waals surface area contributed by atoms with E-state index >= 15 is 0 Å². The molecule has 7 heteroatoms. The number of benzene rings is 2. The number of morpholine rings is 1. The molecular formula is C21H23N3O4. The highest BCUT2D eigenvalue weighted by Crippen LogP contribution is 2.32. The van der Waals surface area contributed by atoms with Gasteiger partial charge in [-0.05, 0) is 37.1 Å². The van der Waals surface area contributed by atoms with Crippen LogP contribution in [0.3, 0.4) is 0 Å². The summed E-state index contributed by atoms with van der Waals surface area (Å²) in [5.74, 6) is -0.158. The molecule has 1 saturated heterocycles. The molecule has 0 aromatic heterocycles. The van der Waals surface area contributed by atoms with Crippen molar-refractivity contribution in [2.45, 2.75) is 37.8 Å². The molecule has 1 saturated carbocycles. The average Bonchev–Trinajstić information content (AvgIpc) is 2.73. The van der Waals surface area contributed by atoms with Gasteiger partial charge >= 0.3 is 0 Å². The van der Waals surface area contributed by atoms with E-state index in [-0.39, 0.29) is 23.7 Å². The van der Waals surface area contributed by atoms with Crippen LogP contribution in [0.1, 0.15) is 36.0 Å². The number of ether oxygens (including phenoxy) is 1. The predicted molar refractivity (Wildman–Crippen MR) is 106 cm³/mol. The molecule has 2 atom stereocenters. The number of nitrogens with one attached hydrogen (secondary N) is 1. The van der Waals surface area contributed by atoms with Gasteiger partial charge < -0.3 is 15.0 Å². The number of para-hydroxylation sites is 1. The summed E-state index contributed by atoms with van der Waals surface area (Å²) < 4.78 is 5.83. The van der Waals surface area contributed by atoms with Gasteiger partial charge in [-0.2, -0.15) is 0 Å². The molecule has 0 spiro atoms. The lowest BCUT2D eigenvalue weighted by atomic mass is 9.89. The Hall–Kier alpha value is -2.93. The van der Waals surface area contributed by atoms with Crippen LogP contribution in [0.2, 0.25) is 0 Å². The fraction of sp³-hybridized carbons (Fsp3) is 0.381. The molecule has 1 aliphatic heterocycles. The van der Waals surface area contributed by atoms with E-state index in [1.165, 1.54) is 6.07 Å². The lowest BCUT2D eigenvalue weighted by Gasteiger charge is -2.43. The summed E-state index contributed by atoms with van der Waals surface area (Å²) in [4.78, 5) is 26.1. The second-order valence-electron chi connectivity index (χ2n) is 7.24. The highest BCUT2D eigenvalue weighted by molar-refractivity contribution is 5.96. The highest BCUT2D eigenvalue weighted by Gasteiger charge is 2.37. The van der Waals surface area contributed by atoms with Crippen molar-refractivity contribution in [3.05, 3.63) is 64.2 Å². The van der Waals surface area contributed by atoms with Gasteiger partial charge in [-0.25, -0.2) is 0 Å². The van der Waals surface area contributed by atoms with E-state index in [9.17, 15) is 14.9 Å². The fourth-order valence-electron chi connectivity index (χ4n) is 4.11. The standard InChI is InChI=1S/C21H23N3O4/c25-21(23-12-13-28-20-9-5-4-8-18(20)23)15-10-11-17(19(14-15)24(26)27)22-16-6-2-1-3-7-16/h1-3,6-7,10-11,14,18,20,22H,4-5,8-9,12-13H2/t18-,20-/m1/s1. The van der Waals surface area contributed by atoms with E-state index in [0.717, 1.165) is 31.4 Å². The van der Waals surface area contributed by atoms with Crippen LogP contribution < -0.4 is 5.32 Å². The Morgan fingerprint density at radius 1 is 1.14 bits per heavy atom. The van der Waals surface area contributed by atoms with Crippen LogP contribution in [0, 0.1) is 10.1 Å². The smallest absolute Gasteiger partial charge is 0.293 e. The molecule has 28 heavy (non-hydrogen) atoms. The quantitative estimate of drug-likeness (QED) is 0.636. The number of nitro groups is 1. The molecule has 1 amide bonds. The number of rotatable bonds is 4. The lowest BCUT2D eigenvalue weighted by molar-refractivity contribution is -0.383. The van der Waals surface area contributed by atoms with Crippen LogP contribution in [0.4, 0.5) is 17.1 Å². The molecule has 7 nitrogen and oxygen atoms in total. The number of carbonyl (C=O) groups is 1. The van der Waals surface area contributed by atoms with Gasteiger partial charge in [-0.3, -0.25) is 14.9 Å². The molecule has 2 fully saturated rings. The SMILES string of the molecule is O=C(c1ccc(Nc2ccccc2)c([N+](=O)[O-])c1)N1CCO[C@@H]2CCCC[C@H]21. The van der Waals surface area contributed by atoms with Gasteiger partial charge in [0.2, 0.25) is 0 Å². The van der Waals surface area contributed by atoms with Crippen LogP contribution >= 0.6 is 0 Å². The molecule has 2 aromatic carbocycles. The van der Waals surface area contributed by atoms with Gasteiger partial charge in [-0.15, -0.1) is 0 Å². The minimum absolute atomic E-state index is 0.0659. The number of fused-ring (bicyclic) bond motifs is 1. The van der Waals surface area contributed by atoms with Crippen molar-refractivity contribution in [3.8, 4) is 0 Å². The first-order chi connectivity index (χ1) is 13.6. The van der Waals surface area contributed by atoms with E-state index < -0.39 is 4.92 Å². The van der Waals surface area contributed by atoms with Crippen LogP contribution in [-0.4, -0.2) is 41.0 Å². The third-order valence-electron chi connectivity index (χ3n) is 5.49. The highest BCUT2D eigenvalue weighted by atomic mass is 16.6. The van der Waals surface area contributed by atoms with Gasteiger partial charge in [0.05, 0.1) is 23.7 Å². The van der Waals surface area contributed by atoms with Crippen molar-refractivity contribution >= 4 is 23.0 Å². The van der Waals surface area contributed by atoms with Crippen molar-refractivity contribution in [2.24, 2.45) is 0 Å². The Morgan fingerprint density at radius 2 is 1.93 bits per heavy atom. The molecule has 2 aliphatic rings. The minimum atomic E-state index is -0.454. The van der Waals surface area contributed by atoms with Gasteiger partial charge in [-0.1, -0.05) is 31.0 Å². The van der Waals surface area contributed by atoms with Gasteiger partial charge in [0.25, 0.3) is 11.6 Å². The average molecular weight is 381 g/mol. The van der Waals surface area contributed by atoms with Gasteiger partial charge in [0.1, 0.15) is 5.69 Å². The van der Waals surface area contributed by atoms with Gasteiger partial charge in [0.15, 0.2) is 0 Å². The number of amides is 1. The van der Waals surface area contributed by atoms with Crippen LogP contribution in [0.15, 0.2) is 48.5 Å². The molecule has 4 rings (SSSR count). The summed E-state index contributed by atoms with van der Waals surface area (Å²) in [5, 5.41) is 14.7. The van der Waals surface area contributed by atoms with Crippen molar-refractivity contribution in [1.82, 2.24) is 4.90 Å². The summed E-state index contributed by atoms with van der Waals surface area (Å²) in [7, 11) is 0. The molecule has 0 bridgehead atoms. The predicted octanol–water partition coefficient (Wildman–Crippen LogP) is 4.12. The first-order valence-corrected chi connectivity index (χ1v) is 9.66. The fourth-order valence-corrected chi connectivity index (χ4v) is 4.11. The number of carbonyl (C=O) groups excluding carboxylic acids is 1. The zero-order valence-corrected chi connectivity index (χ0v) is 15.5. The van der Waals surface area contributed by atoms with Crippen molar-refractivity contribution < 1.29 is 14.5 Å². The molecule has 0 unspecified atom stereocenters. The Labute approximate surface area is 163 Å². The van der Waals surface area contributed by atoms with E-state index in [1.807, 2.05) is 35.2 Å². The summed E-state index contributed by atoms with van der Waals surface area (Å²) in [6, 6.07) is 14.0. The summed E-state index contributed by atoms with van der Waals surface area (Å²) in [6.45, 7) is 1.04. The van der Waals surface area contributed by atoms with E-state index in [4.69, 9.17) is 4.74 Å². The molecule has 2 aromatic rings. The largest absolute Gasteiger partial charge is 0.374 e. The second kappa shape index (κ2) is 7.98. The summed E-state index contributed by atoms with van der Waals surface area (Å²) in [6.07, 6.45) is 4.17. The molecule has 1 aliphatic carbocycles. The Balaban J connectivity index is 1.60. The van der Waals surface area contributed by atoms with Crippen LogP contribution in [-0.2, 0) is 4.74 Å². The molecule has 146 valence electrons. The number of nitrogens with zero attached hydrogens (tertiary/aromatic N) is 2. The van der Waals surface area contributed by atoms with Crippen molar-refractivity contribution in [2.75, 3.05) is 18.5 Å². The lowest BCUT2D eigenvalue weighted by Crippen LogP contribution is -2.54. The summed E-state index contributed by atoms with van der Waals surface area (Å²) in [5.41, 5.74) is 1.35. The van der Waals surface area contributed by atoms with Crippen molar-refractivity contribution in [1.29, 1.82) is 0 Å². The minimum Gasteiger partial charge on any atom is -0.374 e. The first-order valence-electron chi connectivity index (χ1n) is 9.66. The Bertz CT molecular complexity index is 869. The second-order valence-corrected chi connectivity index (χ2v) is 7.24. The molecule has 0 radical (unpaired) electrons.